The van der Waals surface area contributed by atoms with E-state index >= 15 is 0 Å². The number of hydrogen-bond acceptors (Lipinski definition) is 6. The molecule has 0 saturated carbocycles. The van der Waals surface area contributed by atoms with Crippen LogP contribution in [0.5, 0.6) is 11.5 Å². The summed E-state index contributed by atoms with van der Waals surface area (Å²) in [5.41, 5.74) is 2.96. The molecule has 0 bridgehead atoms. The summed E-state index contributed by atoms with van der Waals surface area (Å²) in [5, 5.41) is 12.4. The van der Waals surface area contributed by atoms with E-state index in [1.54, 1.807) is 7.11 Å². The largest absolute Gasteiger partial charge is 0.493 e. The first-order valence-corrected chi connectivity index (χ1v) is 12.4. The van der Waals surface area contributed by atoms with Crippen LogP contribution in [0.2, 0.25) is 0 Å². The number of nitrogens with zero attached hydrogens (tertiary/aromatic N) is 3. The third-order valence-electron chi connectivity index (χ3n) is 5.27. The summed E-state index contributed by atoms with van der Waals surface area (Å²) in [5.74, 6) is 2.12. The Labute approximate surface area is 207 Å². The molecule has 3 aromatic rings. The van der Waals surface area contributed by atoms with Gasteiger partial charge in [0.05, 0.1) is 12.9 Å². The van der Waals surface area contributed by atoms with Crippen LogP contribution in [0, 0.1) is 13.8 Å². The van der Waals surface area contributed by atoms with Crippen molar-refractivity contribution < 1.29 is 14.3 Å². The lowest BCUT2D eigenvalue weighted by Gasteiger charge is -2.19. The number of carbonyl (C=O) groups is 1. The van der Waals surface area contributed by atoms with Gasteiger partial charge in [-0.2, -0.15) is 0 Å². The first kappa shape index (κ1) is 25.1. The second-order valence-corrected chi connectivity index (χ2v) is 9.69. The number of hydrogen-bond donors (Lipinski definition) is 1. The van der Waals surface area contributed by atoms with E-state index in [1.165, 1.54) is 11.8 Å². The predicted molar refractivity (Wildman–Crippen MR) is 135 cm³/mol. The smallest absolute Gasteiger partial charge is 0.234 e. The number of rotatable bonds is 9. The molecular weight excluding hydrogens is 504 g/mol. The van der Waals surface area contributed by atoms with Gasteiger partial charge in [-0.1, -0.05) is 39.8 Å². The van der Waals surface area contributed by atoms with Crippen LogP contribution in [0.3, 0.4) is 0 Å². The van der Waals surface area contributed by atoms with Gasteiger partial charge >= 0.3 is 0 Å². The SMILES string of the molecule is COc1ccccc1OC(C)c1nnc(SCC(=O)Nc2ccc(Br)c(C)c2C)n1C(C)C. The van der Waals surface area contributed by atoms with Gasteiger partial charge in [-0.25, -0.2) is 0 Å². The van der Waals surface area contributed by atoms with Crippen molar-refractivity contribution in [3.63, 3.8) is 0 Å². The van der Waals surface area contributed by atoms with E-state index < -0.39 is 0 Å². The second kappa shape index (κ2) is 11.1. The maximum atomic E-state index is 12.6. The molecule has 0 fully saturated rings. The fraction of sp³-hybridized carbons (Fsp3) is 0.375. The van der Waals surface area contributed by atoms with E-state index in [0.717, 1.165) is 21.3 Å². The normalized spacial score (nSPS) is 12.0. The summed E-state index contributed by atoms with van der Waals surface area (Å²) >= 11 is 4.88. The van der Waals surface area contributed by atoms with Crippen molar-refractivity contribution in [2.24, 2.45) is 0 Å². The van der Waals surface area contributed by atoms with Gasteiger partial charge in [0.15, 0.2) is 28.6 Å². The summed E-state index contributed by atoms with van der Waals surface area (Å²) in [6, 6.07) is 11.4. The fourth-order valence-corrected chi connectivity index (χ4v) is 4.65. The third-order valence-corrected chi connectivity index (χ3v) is 7.07. The highest BCUT2D eigenvalue weighted by molar-refractivity contribution is 9.10. The van der Waals surface area contributed by atoms with Crippen molar-refractivity contribution in [3.05, 3.63) is 57.8 Å². The van der Waals surface area contributed by atoms with Gasteiger partial charge in [0, 0.05) is 16.2 Å². The minimum absolute atomic E-state index is 0.0944. The van der Waals surface area contributed by atoms with Gasteiger partial charge in [-0.05, 0) is 70.0 Å². The van der Waals surface area contributed by atoms with Crippen molar-refractivity contribution in [2.75, 3.05) is 18.2 Å². The molecule has 0 spiro atoms. The number of anilines is 1. The topological polar surface area (TPSA) is 78.3 Å². The van der Waals surface area contributed by atoms with Crippen LogP contribution in [0.15, 0.2) is 46.0 Å². The van der Waals surface area contributed by atoms with Gasteiger partial charge in [0.1, 0.15) is 0 Å². The number of aromatic nitrogens is 3. The molecule has 1 heterocycles. The lowest BCUT2D eigenvalue weighted by atomic mass is 10.1. The van der Waals surface area contributed by atoms with Crippen LogP contribution in [-0.4, -0.2) is 33.5 Å². The number of carbonyl (C=O) groups excluding carboxylic acids is 1. The number of para-hydroxylation sites is 2. The van der Waals surface area contributed by atoms with E-state index in [2.05, 4.69) is 45.3 Å². The van der Waals surface area contributed by atoms with E-state index in [1.807, 2.05) is 61.7 Å². The molecule has 7 nitrogen and oxygen atoms in total. The average Bonchev–Trinajstić information content (AvgIpc) is 3.23. The number of ether oxygens (including phenoxy) is 2. The van der Waals surface area contributed by atoms with Crippen LogP contribution in [0.25, 0.3) is 0 Å². The van der Waals surface area contributed by atoms with Crippen molar-refractivity contribution >= 4 is 39.3 Å². The highest BCUT2D eigenvalue weighted by Gasteiger charge is 2.23. The molecular formula is C24H29BrN4O3S. The van der Waals surface area contributed by atoms with Crippen LogP contribution in [-0.2, 0) is 4.79 Å². The van der Waals surface area contributed by atoms with Gasteiger partial charge in [-0.3, -0.25) is 4.79 Å². The Morgan fingerprint density at radius 2 is 1.79 bits per heavy atom. The zero-order chi connectivity index (χ0) is 24.1. The Morgan fingerprint density at radius 1 is 1.09 bits per heavy atom. The van der Waals surface area contributed by atoms with Crippen molar-refractivity contribution in [3.8, 4) is 11.5 Å². The van der Waals surface area contributed by atoms with Crippen LogP contribution in [0.1, 0.15) is 49.9 Å². The molecule has 0 aliphatic carbocycles. The van der Waals surface area contributed by atoms with Gasteiger partial charge < -0.3 is 19.4 Å². The molecule has 9 heteroatoms. The van der Waals surface area contributed by atoms with Gasteiger partial charge in [-0.15, -0.1) is 10.2 Å². The number of amides is 1. The zero-order valence-electron chi connectivity index (χ0n) is 19.7. The van der Waals surface area contributed by atoms with Gasteiger partial charge in [0.2, 0.25) is 5.91 Å². The molecule has 0 saturated heterocycles. The van der Waals surface area contributed by atoms with Gasteiger partial charge in [0.25, 0.3) is 0 Å². The first-order valence-electron chi connectivity index (χ1n) is 10.7. The molecule has 2 aromatic carbocycles. The van der Waals surface area contributed by atoms with Crippen LogP contribution < -0.4 is 14.8 Å². The van der Waals surface area contributed by atoms with Crippen molar-refractivity contribution in [1.82, 2.24) is 14.8 Å². The summed E-state index contributed by atoms with van der Waals surface area (Å²) in [6.07, 6.45) is -0.354. The predicted octanol–water partition coefficient (Wildman–Crippen LogP) is 6.12. The molecule has 1 amide bonds. The van der Waals surface area contributed by atoms with E-state index in [4.69, 9.17) is 9.47 Å². The number of halogens is 1. The number of thioether (sulfide) groups is 1. The monoisotopic (exact) mass is 532 g/mol. The standard InChI is InChI=1S/C24H29BrN4O3S/c1-14(2)29-23(17(5)32-21-10-8-7-9-20(21)31-6)27-28-24(29)33-13-22(30)26-19-12-11-18(25)15(3)16(19)4/h7-12,14,17H,13H2,1-6H3,(H,26,30). The van der Waals surface area contributed by atoms with E-state index in [-0.39, 0.29) is 23.8 Å². The zero-order valence-corrected chi connectivity index (χ0v) is 22.1. The Bertz CT molecular complexity index is 1130. The highest BCUT2D eigenvalue weighted by Crippen LogP contribution is 2.32. The summed E-state index contributed by atoms with van der Waals surface area (Å²) < 4.78 is 14.5. The summed E-state index contributed by atoms with van der Waals surface area (Å²) in [4.78, 5) is 12.6. The molecule has 0 aliphatic heterocycles. The molecule has 1 atom stereocenters. The number of nitrogens with one attached hydrogen (secondary N) is 1. The summed E-state index contributed by atoms with van der Waals surface area (Å²) in [7, 11) is 1.61. The average molecular weight is 533 g/mol. The third kappa shape index (κ3) is 5.89. The molecule has 0 aliphatic rings. The minimum atomic E-state index is -0.354. The number of benzene rings is 2. The Kier molecular flexibility index (Phi) is 8.42. The van der Waals surface area contributed by atoms with Crippen molar-refractivity contribution in [2.45, 2.75) is 51.9 Å². The quantitative estimate of drug-likeness (QED) is 0.334. The Hall–Kier alpha value is -2.52. The lowest BCUT2D eigenvalue weighted by molar-refractivity contribution is -0.113. The molecule has 1 aromatic heterocycles. The number of methoxy groups -OCH3 is 1. The van der Waals surface area contributed by atoms with Crippen LogP contribution in [0.4, 0.5) is 5.69 Å². The minimum Gasteiger partial charge on any atom is -0.493 e. The first-order chi connectivity index (χ1) is 15.7. The maximum absolute atomic E-state index is 12.6. The van der Waals surface area contributed by atoms with Crippen LogP contribution >= 0.6 is 27.7 Å². The van der Waals surface area contributed by atoms with E-state index in [9.17, 15) is 4.79 Å². The van der Waals surface area contributed by atoms with E-state index in [0.29, 0.717) is 22.5 Å². The Morgan fingerprint density at radius 3 is 2.45 bits per heavy atom. The summed E-state index contributed by atoms with van der Waals surface area (Å²) in [6.45, 7) is 10.1. The molecule has 3 rings (SSSR count). The fourth-order valence-electron chi connectivity index (χ4n) is 3.35. The Balaban J connectivity index is 1.72. The molecule has 33 heavy (non-hydrogen) atoms. The maximum Gasteiger partial charge on any atom is 0.234 e. The second-order valence-electron chi connectivity index (χ2n) is 7.90. The lowest BCUT2D eigenvalue weighted by Crippen LogP contribution is -2.17. The molecule has 1 N–H and O–H groups in total. The highest BCUT2D eigenvalue weighted by atomic mass is 79.9. The van der Waals surface area contributed by atoms with Crippen molar-refractivity contribution in [1.29, 1.82) is 0 Å². The molecule has 176 valence electrons. The molecule has 1 unspecified atom stereocenters. The molecule has 0 radical (unpaired) electrons.